The molecule has 100 valence electrons. The summed E-state index contributed by atoms with van der Waals surface area (Å²) in [6, 6.07) is 1.73. The van der Waals surface area contributed by atoms with Crippen LogP contribution in [-0.2, 0) is 21.2 Å². The second-order valence-electron chi connectivity index (χ2n) is 4.21. The first kappa shape index (κ1) is 13.5. The van der Waals surface area contributed by atoms with E-state index in [2.05, 4.69) is 4.72 Å². The topological polar surface area (TPSA) is 72.5 Å². The first-order valence-corrected chi connectivity index (χ1v) is 8.03. The van der Waals surface area contributed by atoms with Gasteiger partial charge < -0.3 is 4.74 Å². The van der Waals surface area contributed by atoms with E-state index in [1.54, 1.807) is 6.07 Å². The third-order valence-electron chi connectivity index (χ3n) is 2.85. The van der Waals surface area contributed by atoms with E-state index in [-0.39, 0.29) is 13.2 Å². The summed E-state index contributed by atoms with van der Waals surface area (Å²) in [7, 11) is -3.60. The van der Waals surface area contributed by atoms with Crippen molar-refractivity contribution in [1.29, 1.82) is 0 Å². The van der Waals surface area contributed by atoms with Gasteiger partial charge in [-0.25, -0.2) is 13.1 Å². The van der Waals surface area contributed by atoms with Crippen molar-refractivity contribution in [2.24, 2.45) is 0 Å². The Morgan fingerprint density at radius 3 is 2.67 bits per heavy atom. The molecule has 1 aromatic heterocycles. The van der Waals surface area contributed by atoms with Crippen molar-refractivity contribution in [1.82, 2.24) is 4.72 Å². The number of rotatable bonds is 4. The van der Waals surface area contributed by atoms with E-state index >= 15 is 0 Å². The number of aryl methyl sites for hydroxylation is 2. The maximum atomic E-state index is 11.9. The highest BCUT2D eigenvalue weighted by atomic mass is 32.2. The fourth-order valence-electron chi connectivity index (χ4n) is 1.64. The van der Waals surface area contributed by atoms with E-state index in [1.165, 1.54) is 11.3 Å². The summed E-state index contributed by atoms with van der Waals surface area (Å²) in [6.45, 7) is 4.24. The maximum absolute atomic E-state index is 11.9. The van der Waals surface area contributed by atoms with Crippen molar-refractivity contribution in [3.8, 4) is 0 Å². The number of hydrogen-bond donors (Lipinski definition) is 1. The number of nitrogens with one attached hydrogen (secondary N) is 1. The van der Waals surface area contributed by atoms with Crippen LogP contribution in [0, 0.1) is 6.92 Å². The highest BCUT2D eigenvalue weighted by Crippen LogP contribution is 2.22. The van der Waals surface area contributed by atoms with E-state index in [9.17, 15) is 13.2 Å². The zero-order chi connectivity index (χ0) is 13.3. The van der Waals surface area contributed by atoms with Crippen LogP contribution in [0.3, 0.4) is 0 Å². The molecule has 1 amide bonds. The number of amides is 1. The lowest BCUT2D eigenvalue weighted by Crippen LogP contribution is -2.48. The second kappa shape index (κ2) is 4.99. The van der Waals surface area contributed by atoms with E-state index in [0.29, 0.717) is 4.88 Å². The van der Waals surface area contributed by atoms with Crippen LogP contribution in [-0.4, -0.2) is 32.8 Å². The monoisotopic (exact) mass is 289 g/mol. The lowest BCUT2D eigenvalue weighted by Gasteiger charge is -2.25. The molecule has 0 saturated carbocycles. The number of hydrogen-bond acceptors (Lipinski definition) is 5. The molecule has 2 heterocycles. The van der Waals surface area contributed by atoms with Crippen molar-refractivity contribution in [3.05, 3.63) is 21.4 Å². The van der Waals surface area contributed by atoms with Gasteiger partial charge in [-0.2, -0.15) is 0 Å². The molecule has 0 spiro atoms. The first-order chi connectivity index (χ1) is 8.44. The Morgan fingerprint density at radius 1 is 1.56 bits per heavy atom. The second-order valence-corrected chi connectivity index (χ2v) is 7.30. The smallest absolute Gasteiger partial charge is 0.274 e. The Balaban J connectivity index is 2.11. The first-order valence-electron chi connectivity index (χ1n) is 5.67. The Kier molecular flexibility index (Phi) is 3.74. The normalized spacial score (nSPS) is 16.3. The van der Waals surface area contributed by atoms with Crippen molar-refractivity contribution in [2.75, 3.05) is 13.2 Å². The standard InChI is InChI=1S/C11H15NO4S2/c1-3-9-7(2)4-10(17-9)11(13)12-18(14,15)8-5-16-6-8/h4,8H,3,5-6H2,1-2H3,(H,12,13). The summed E-state index contributed by atoms with van der Waals surface area (Å²) in [5.41, 5.74) is 1.03. The van der Waals surface area contributed by atoms with Gasteiger partial charge in [0, 0.05) is 4.88 Å². The van der Waals surface area contributed by atoms with Crippen molar-refractivity contribution < 1.29 is 17.9 Å². The molecule has 0 unspecified atom stereocenters. The Morgan fingerprint density at radius 2 is 2.22 bits per heavy atom. The highest BCUT2D eigenvalue weighted by Gasteiger charge is 2.34. The van der Waals surface area contributed by atoms with Gasteiger partial charge in [0.25, 0.3) is 5.91 Å². The van der Waals surface area contributed by atoms with Crippen molar-refractivity contribution in [2.45, 2.75) is 25.5 Å². The lowest BCUT2D eigenvalue weighted by atomic mass is 10.2. The van der Waals surface area contributed by atoms with Gasteiger partial charge in [-0.05, 0) is 25.0 Å². The number of thiophene rings is 1. The third kappa shape index (κ3) is 2.57. The van der Waals surface area contributed by atoms with Gasteiger partial charge in [0.05, 0.1) is 18.1 Å². The molecule has 0 aliphatic carbocycles. The summed E-state index contributed by atoms with van der Waals surface area (Å²) in [6.07, 6.45) is 0.840. The number of carbonyl (C=O) groups excluding carboxylic acids is 1. The summed E-state index contributed by atoms with van der Waals surface area (Å²) < 4.78 is 30.4. The average molecular weight is 289 g/mol. The van der Waals surface area contributed by atoms with Gasteiger partial charge in [0.2, 0.25) is 10.0 Å². The number of sulfonamides is 1. The molecular formula is C11H15NO4S2. The summed E-state index contributed by atoms with van der Waals surface area (Å²) in [4.78, 5) is 13.4. The molecule has 1 aliphatic heterocycles. The number of ether oxygens (including phenoxy) is 1. The van der Waals surface area contributed by atoms with Gasteiger partial charge in [-0.1, -0.05) is 6.92 Å². The van der Waals surface area contributed by atoms with Crippen molar-refractivity contribution in [3.63, 3.8) is 0 Å². The zero-order valence-corrected chi connectivity index (χ0v) is 11.9. The van der Waals surface area contributed by atoms with Crippen LogP contribution in [0.4, 0.5) is 0 Å². The number of carbonyl (C=O) groups is 1. The quantitative estimate of drug-likeness (QED) is 0.900. The molecule has 5 nitrogen and oxygen atoms in total. The Labute approximate surface area is 110 Å². The molecule has 0 bridgehead atoms. The van der Waals surface area contributed by atoms with Gasteiger partial charge in [-0.3, -0.25) is 4.79 Å². The fraction of sp³-hybridized carbons (Fsp3) is 0.545. The summed E-state index contributed by atoms with van der Waals surface area (Å²) >= 11 is 1.34. The molecule has 1 saturated heterocycles. The zero-order valence-electron chi connectivity index (χ0n) is 10.2. The molecule has 1 aromatic rings. The molecule has 0 atom stereocenters. The largest absolute Gasteiger partial charge is 0.378 e. The molecule has 7 heteroatoms. The molecule has 18 heavy (non-hydrogen) atoms. The molecule has 0 aromatic carbocycles. The summed E-state index contributed by atoms with van der Waals surface area (Å²) in [5.74, 6) is -0.547. The summed E-state index contributed by atoms with van der Waals surface area (Å²) in [5, 5.41) is -0.604. The van der Waals surface area contributed by atoms with E-state index in [4.69, 9.17) is 4.74 Å². The molecule has 0 radical (unpaired) electrons. The molecular weight excluding hydrogens is 274 g/mol. The molecule has 1 N–H and O–H groups in total. The third-order valence-corrected chi connectivity index (χ3v) is 5.85. The van der Waals surface area contributed by atoms with Crippen LogP contribution in [0.1, 0.15) is 27.0 Å². The Hall–Kier alpha value is -0.920. The van der Waals surface area contributed by atoms with Gasteiger partial charge in [0.15, 0.2) is 0 Å². The van der Waals surface area contributed by atoms with Gasteiger partial charge in [-0.15, -0.1) is 11.3 Å². The van der Waals surface area contributed by atoms with Crippen LogP contribution in [0.5, 0.6) is 0 Å². The van der Waals surface area contributed by atoms with Crippen LogP contribution >= 0.6 is 11.3 Å². The van der Waals surface area contributed by atoms with Gasteiger partial charge >= 0.3 is 0 Å². The van der Waals surface area contributed by atoms with E-state index in [1.807, 2.05) is 13.8 Å². The van der Waals surface area contributed by atoms with Crippen molar-refractivity contribution >= 4 is 27.3 Å². The fourth-order valence-corrected chi connectivity index (χ4v) is 3.80. The highest BCUT2D eigenvalue weighted by molar-refractivity contribution is 7.90. The minimum Gasteiger partial charge on any atom is -0.378 e. The van der Waals surface area contributed by atoms with E-state index < -0.39 is 21.2 Å². The van der Waals surface area contributed by atoms with Crippen LogP contribution in [0.25, 0.3) is 0 Å². The van der Waals surface area contributed by atoms with Crippen LogP contribution in [0.2, 0.25) is 0 Å². The maximum Gasteiger partial charge on any atom is 0.274 e. The minimum absolute atomic E-state index is 0.159. The average Bonchev–Trinajstić information content (AvgIpc) is 2.55. The van der Waals surface area contributed by atoms with Gasteiger partial charge in [0.1, 0.15) is 5.25 Å². The van der Waals surface area contributed by atoms with Crippen LogP contribution < -0.4 is 4.72 Å². The SMILES string of the molecule is CCc1sc(C(=O)NS(=O)(=O)C2COC2)cc1C. The van der Waals surface area contributed by atoms with Crippen LogP contribution in [0.15, 0.2) is 6.07 Å². The minimum atomic E-state index is -3.60. The Bertz CT molecular complexity index is 558. The lowest BCUT2D eigenvalue weighted by molar-refractivity contribution is 0.0411. The molecule has 1 fully saturated rings. The predicted molar refractivity (Wildman–Crippen MR) is 69.4 cm³/mol. The molecule has 2 rings (SSSR count). The van der Waals surface area contributed by atoms with E-state index in [0.717, 1.165) is 16.9 Å². The predicted octanol–water partition coefficient (Wildman–Crippen LogP) is 1.08. The molecule has 1 aliphatic rings.